The molecule has 5 rings (SSSR count). The van der Waals surface area contributed by atoms with Gasteiger partial charge in [0, 0.05) is 17.9 Å². The molecule has 4 nitrogen and oxygen atoms in total. The lowest BCUT2D eigenvalue weighted by Crippen LogP contribution is -2.08. The summed E-state index contributed by atoms with van der Waals surface area (Å²) in [4.78, 5) is 17.5. The van der Waals surface area contributed by atoms with Gasteiger partial charge in [-0.15, -0.1) is 0 Å². The number of hydrogen-bond acceptors (Lipinski definition) is 4. The van der Waals surface area contributed by atoms with Crippen LogP contribution in [0.5, 0.6) is 5.75 Å². The van der Waals surface area contributed by atoms with Crippen LogP contribution >= 0.6 is 11.8 Å². The van der Waals surface area contributed by atoms with Crippen molar-refractivity contribution in [3.8, 4) is 17.1 Å². The standard InChI is InChI=1S/C29H24N2O2S/c1-34-20-22-11-13-24(14-12-22)29(32)33-25-17-15-23(16-18-25)28-30-26-9-5-6-10-27(26)31(28)19-21-7-3-2-4-8-21/h2-18H,19-20H2,1H3. The van der Waals surface area contributed by atoms with Crippen molar-refractivity contribution in [1.29, 1.82) is 0 Å². The van der Waals surface area contributed by atoms with Gasteiger partial charge in [-0.1, -0.05) is 54.6 Å². The van der Waals surface area contributed by atoms with Crippen LogP contribution < -0.4 is 4.74 Å². The first-order valence-electron chi connectivity index (χ1n) is 11.1. The minimum atomic E-state index is -0.361. The summed E-state index contributed by atoms with van der Waals surface area (Å²) in [5.74, 6) is 1.95. The third-order valence-electron chi connectivity index (χ3n) is 5.66. The SMILES string of the molecule is CSCc1ccc(C(=O)Oc2ccc(-c3nc4ccccc4n3Cc3ccccc3)cc2)cc1. The Labute approximate surface area is 203 Å². The third-order valence-corrected chi connectivity index (χ3v) is 6.28. The zero-order valence-electron chi connectivity index (χ0n) is 18.8. The number of hydrogen-bond donors (Lipinski definition) is 0. The van der Waals surface area contributed by atoms with Gasteiger partial charge in [0.15, 0.2) is 0 Å². The van der Waals surface area contributed by atoms with Gasteiger partial charge in [-0.2, -0.15) is 11.8 Å². The minimum Gasteiger partial charge on any atom is -0.423 e. The number of aromatic nitrogens is 2. The van der Waals surface area contributed by atoms with Crippen molar-refractivity contribution in [2.45, 2.75) is 12.3 Å². The molecule has 1 aromatic heterocycles. The van der Waals surface area contributed by atoms with Crippen LogP contribution in [0.1, 0.15) is 21.5 Å². The number of rotatable bonds is 7. The number of fused-ring (bicyclic) bond motifs is 1. The number of ether oxygens (including phenoxy) is 1. The van der Waals surface area contributed by atoms with Crippen molar-refractivity contribution in [3.63, 3.8) is 0 Å². The van der Waals surface area contributed by atoms with Crippen LogP contribution in [0, 0.1) is 0 Å². The second-order valence-corrected chi connectivity index (χ2v) is 8.91. The first kappa shape index (κ1) is 22.0. The highest BCUT2D eigenvalue weighted by Gasteiger charge is 2.14. The Morgan fingerprint density at radius 1 is 0.824 bits per heavy atom. The second-order valence-electron chi connectivity index (χ2n) is 8.04. The molecule has 0 saturated heterocycles. The Balaban J connectivity index is 1.39. The number of imidazole rings is 1. The molecule has 1 heterocycles. The molecule has 0 unspecified atom stereocenters. The fourth-order valence-corrected chi connectivity index (χ4v) is 4.49. The number of thioether (sulfide) groups is 1. The molecular formula is C29H24N2O2S. The van der Waals surface area contributed by atoms with Crippen LogP contribution in [0.25, 0.3) is 22.4 Å². The summed E-state index contributed by atoms with van der Waals surface area (Å²) >= 11 is 1.75. The molecular weight excluding hydrogens is 440 g/mol. The maximum absolute atomic E-state index is 12.6. The van der Waals surface area contributed by atoms with E-state index in [2.05, 4.69) is 29.0 Å². The van der Waals surface area contributed by atoms with E-state index in [1.807, 2.05) is 84.9 Å². The molecule has 0 aliphatic carbocycles. The predicted octanol–water partition coefficient (Wildman–Crippen LogP) is 6.83. The van der Waals surface area contributed by atoms with E-state index in [4.69, 9.17) is 9.72 Å². The number of carbonyl (C=O) groups is 1. The molecule has 5 heteroatoms. The number of para-hydroxylation sites is 2. The zero-order valence-corrected chi connectivity index (χ0v) is 19.7. The van der Waals surface area contributed by atoms with Crippen LogP contribution in [0.2, 0.25) is 0 Å². The quantitative estimate of drug-likeness (QED) is 0.195. The zero-order chi connectivity index (χ0) is 23.3. The smallest absolute Gasteiger partial charge is 0.343 e. The van der Waals surface area contributed by atoms with Gasteiger partial charge in [0.1, 0.15) is 11.6 Å². The molecule has 168 valence electrons. The summed E-state index contributed by atoms with van der Waals surface area (Å²) in [7, 11) is 0. The highest BCUT2D eigenvalue weighted by molar-refractivity contribution is 7.97. The van der Waals surface area contributed by atoms with Crippen LogP contribution in [0.4, 0.5) is 0 Å². The Hall–Kier alpha value is -3.83. The molecule has 0 fully saturated rings. The summed E-state index contributed by atoms with van der Waals surface area (Å²) in [6.45, 7) is 0.722. The van der Waals surface area contributed by atoms with Crippen LogP contribution in [0.15, 0.2) is 103 Å². The lowest BCUT2D eigenvalue weighted by Gasteiger charge is -2.10. The molecule has 0 aliphatic rings. The Morgan fingerprint density at radius 3 is 2.26 bits per heavy atom. The Morgan fingerprint density at radius 2 is 1.53 bits per heavy atom. The van der Waals surface area contributed by atoms with E-state index in [0.717, 1.165) is 34.7 Å². The lowest BCUT2D eigenvalue weighted by molar-refractivity contribution is 0.0735. The summed E-state index contributed by atoms with van der Waals surface area (Å²) in [6.07, 6.45) is 2.06. The van der Waals surface area contributed by atoms with Gasteiger partial charge in [0.25, 0.3) is 0 Å². The maximum atomic E-state index is 12.6. The first-order chi connectivity index (χ1) is 16.7. The van der Waals surface area contributed by atoms with Crippen molar-refractivity contribution in [3.05, 3.63) is 120 Å². The normalized spacial score (nSPS) is 11.0. The summed E-state index contributed by atoms with van der Waals surface area (Å²) in [6, 6.07) is 33.6. The average Bonchev–Trinajstić information content (AvgIpc) is 3.24. The van der Waals surface area contributed by atoms with Gasteiger partial charge in [0.2, 0.25) is 0 Å². The Bertz CT molecular complexity index is 1410. The van der Waals surface area contributed by atoms with Crippen molar-refractivity contribution >= 4 is 28.8 Å². The van der Waals surface area contributed by atoms with E-state index < -0.39 is 0 Å². The highest BCUT2D eigenvalue weighted by Crippen LogP contribution is 2.27. The molecule has 5 aromatic rings. The van der Waals surface area contributed by atoms with Crippen LogP contribution in [0.3, 0.4) is 0 Å². The van der Waals surface area contributed by atoms with Crippen LogP contribution in [-0.4, -0.2) is 21.8 Å². The topological polar surface area (TPSA) is 44.1 Å². The maximum Gasteiger partial charge on any atom is 0.343 e. The molecule has 0 aliphatic heterocycles. The van der Waals surface area contributed by atoms with E-state index in [1.54, 1.807) is 11.8 Å². The highest BCUT2D eigenvalue weighted by atomic mass is 32.2. The van der Waals surface area contributed by atoms with E-state index in [-0.39, 0.29) is 5.97 Å². The number of carbonyl (C=O) groups excluding carboxylic acids is 1. The first-order valence-corrected chi connectivity index (χ1v) is 12.5. The van der Waals surface area contributed by atoms with E-state index >= 15 is 0 Å². The van der Waals surface area contributed by atoms with E-state index in [0.29, 0.717) is 11.3 Å². The molecule has 0 saturated carbocycles. The number of benzene rings is 4. The average molecular weight is 465 g/mol. The monoisotopic (exact) mass is 464 g/mol. The molecule has 0 radical (unpaired) electrons. The summed E-state index contributed by atoms with van der Waals surface area (Å²) in [5, 5.41) is 0. The molecule has 34 heavy (non-hydrogen) atoms. The van der Waals surface area contributed by atoms with Gasteiger partial charge in [-0.3, -0.25) is 0 Å². The summed E-state index contributed by atoms with van der Waals surface area (Å²) in [5.41, 5.74) is 5.94. The predicted molar refractivity (Wildman–Crippen MR) is 139 cm³/mol. The van der Waals surface area contributed by atoms with Gasteiger partial charge in [0.05, 0.1) is 16.6 Å². The lowest BCUT2D eigenvalue weighted by atomic mass is 10.1. The van der Waals surface area contributed by atoms with Crippen LogP contribution in [-0.2, 0) is 12.3 Å². The largest absolute Gasteiger partial charge is 0.423 e. The van der Waals surface area contributed by atoms with Crippen molar-refractivity contribution < 1.29 is 9.53 Å². The Kier molecular flexibility index (Phi) is 6.45. The molecule has 0 spiro atoms. The molecule has 0 bridgehead atoms. The summed E-state index contributed by atoms with van der Waals surface area (Å²) < 4.78 is 7.83. The third kappa shape index (κ3) is 4.75. The molecule has 0 amide bonds. The van der Waals surface area contributed by atoms with Gasteiger partial charge in [-0.25, -0.2) is 9.78 Å². The van der Waals surface area contributed by atoms with Gasteiger partial charge in [-0.05, 0) is 65.9 Å². The number of esters is 1. The fraction of sp³-hybridized carbons (Fsp3) is 0.103. The molecule has 0 atom stereocenters. The fourth-order valence-electron chi connectivity index (χ4n) is 3.96. The second kappa shape index (κ2) is 9.98. The van der Waals surface area contributed by atoms with Crippen molar-refractivity contribution in [2.24, 2.45) is 0 Å². The molecule has 4 aromatic carbocycles. The van der Waals surface area contributed by atoms with Crippen molar-refractivity contribution in [2.75, 3.05) is 6.26 Å². The molecule has 0 N–H and O–H groups in total. The van der Waals surface area contributed by atoms with Gasteiger partial charge >= 0.3 is 5.97 Å². The van der Waals surface area contributed by atoms with Gasteiger partial charge < -0.3 is 9.30 Å². The number of nitrogens with zero attached hydrogens (tertiary/aromatic N) is 2. The van der Waals surface area contributed by atoms with E-state index in [9.17, 15) is 4.79 Å². The van der Waals surface area contributed by atoms with Crippen molar-refractivity contribution in [1.82, 2.24) is 9.55 Å². The minimum absolute atomic E-state index is 0.361. The van der Waals surface area contributed by atoms with E-state index in [1.165, 1.54) is 11.1 Å².